The van der Waals surface area contributed by atoms with Crippen LogP contribution in [0.15, 0.2) is 24.3 Å². The first-order valence-corrected chi connectivity index (χ1v) is 10.9. The summed E-state index contributed by atoms with van der Waals surface area (Å²) in [5.41, 5.74) is 1.11. The van der Waals surface area contributed by atoms with Crippen molar-refractivity contribution in [3.8, 4) is 6.07 Å². The van der Waals surface area contributed by atoms with E-state index in [9.17, 15) is 4.79 Å². The van der Waals surface area contributed by atoms with Crippen LogP contribution >= 0.6 is 0 Å². The molecule has 3 rings (SSSR count). The minimum absolute atomic E-state index is 0.0605. The number of unbranched alkanes of at least 4 members (excludes halogenated alkanes) is 1. The summed E-state index contributed by atoms with van der Waals surface area (Å²) < 4.78 is 5.73. The lowest BCUT2D eigenvalue weighted by molar-refractivity contribution is 0.0109. The molecule has 3 heteroatoms. The SMILES string of the molecule is CCCCC1CCC(C2CCC(OC(=O)c3ccc(C#N)cc3)CC2)CC1. The van der Waals surface area contributed by atoms with E-state index in [1.54, 1.807) is 24.3 Å². The Morgan fingerprint density at radius 3 is 2.15 bits per heavy atom. The smallest absolute Gasteiger partial charge is 0.338 e. The van der Waals surface area contributed by atoms with Gasteiger partial charge in [-0.1, -0.05) is 39.0 Å². The van der Waals surface area contributed by atoms with Crippen LogP contribution in [0.4, 0.5) is 0 Å². The van der Waals surface area contributed by atoms with E-state index in [1.165, 1.54) is 57.8 Å². The van der Waals surface area contributed by atoms with Gasteiger partial charge in [-0.05, 0) is 80.5 Å². The number of carbonyl (C=O) groups is 1. The van der Waals surface area contributed by atoms with E-state index in [-0.39, 0.29) is 12.1 Å². The lowest BCUT2D eigenvalue weighted by Gasteiger charge is -2.37. The number of hydrogen-bond acceptors (Lipinski definition) is 3. The fourth-order valence-corrected chi connectivity index (χ4v) is 5.02. The molecule has 2 fully saturated rings. The third-order valence-electron chi connectivity index (χ3n) is 6.77. The zero-order valence-electron chi connectivity index (χ0n) is 16.7. The van der Waals surface area contributed by atoms with Crippen molar-refractivity contribution < 1.29 is 9.53 Å². The highest BCUT2D eigenvalue weighted by Gasteiger charge is 2.31. The molecule has 2 aliphatic rings. The van der Waals surface area contributed by atoms with Crippen molar-refractivity contribution in [2.24, 2.45) is 17.8 Å². The van der Waals surface area contributed by atoms with Gasteiger partial charge in [0.1, 0.15) is 6.10 Å². The average Bonchev–Trinajstić information content (AvgIpc) is 2.73. The Hall–Kier alpha value is -1.82. The molecule has 0 bridgehead atoms. The lowest BCUT2D eigenvalue weighted by Crippen LogP contribution is -2.29. The zero-order valence-corrected chi connectivity index (χ0v) is 16.7. The van der Waals surface area contributed by atoms with Gasteiger partial charge in [-0.15, -0.1) is 0 Å². The Morgan fingerprint density at radius 2 is 1.59 bits per heavy atom. The van der Waals surface area contributed by atoms with Crippen LogP contribution in [0.25, 0.3) is 0 Å². The Morgan fingerprint density at radius 1 is 1.00 bits per heavy atom. The highest BCUT2D eigenvalue weighted by molar-refractivity contribution is 5.89. The van der Waals surface area contributed by atoms with Crippen molar-refractivity contribution in [1.29, 1.82) is 5.26 Å². The van der Waals surface area contributed by atoms with E-state index in [4.69, 9.17) is 10.00 Å². The maximum Gasteiger partial charge on any atom is 0.338 e. The van der Waals surface area contributed by atoms with Crippen LogP contribution in [-0.4, -0.2) is 12.1 Å². The maximum absolute atomic E-state index is 12.3. The molecule has 3 nitrogen and oxygen atoms in total. The minimum atomic E-state index is -0.251. The molecule has 1 aromatic rings. The Bertz CT molecular complexity index is 629. The van der Waals surface area contributed by atoms with Crippen LogP contribution in [0.2, 0.25) is 0 Å². The molecule has 2 aliphatic carbocycles. The lowest BCUT2D eigenvalue weighted by atomic mass is 9.70. The number of rotatable bonds is 6. The number of nitriles is 1. The first kappa shape index (κ1) is 19.9. The van der Waals surface area contributed by atoms with Gasteiger partial charge in [0, 0.05) is 0 Å². The topological polar surface area (TPSA) is 50.1 Å². The summed E-state index contributed by atoms with van der Waals surface area (Å²) >= 11 is 0. The average molecular weight is 368 g/mol. The molecular formula is C24H33NO2. The number of esters is 1. The van der Waals surface area contributed by atoms with E-state index in [2.05, 4.69) is 13.0 Å². The number of carbonyl (C=O) groups excluding carboxylic acids is 1. The minimum Gasteiger partial charge on any atom is -0.459 e. The molecule has 0 unspecified atom stereocenters. The van der Waals surface area contributed by atoms with Crippen LogP contribution in [0.1, 0.15) is 93.5 Å². The molecule has 0 saturated heterocycles. The van der Waals surface area contributed by atoms with Crippen molar-refractivity contribution in [2.45, 2.75) is 83.7 Å². The van der Waals surface area contributed by atoms with Gasteiger partial charge < -0.3 is 4.74 Å². The number of ether oxygens (including phenoxy) is 1. The van der Waals surface area contributed by atoms with Crippen LogP contribution in [-0.2, 0) is 4.74 Å². The van der Waals surface area contributed by atoms with Gasteiger partial charge in [0.25, 0.3) is 0 Å². The Balaban J connectivity index is 1.40. The second-order valence-corrected chi connectivity index (χ2v) is 8.55. The second-order valence-electron chi connectivity index (χ2n) is 8.55. The van der Waals surface area contributed by atoms with Crippen molar-refractivity contribution in [3.05, 3.63) is 35.4 Å². The summed E-state index contributed by atoms with van der Waals surface area (Å²) in [6.07, 6.45) is 14.3. The van der Waals surface area contributed by atoms with E-state index in [0.29, 0.717) is 11.1 Å². The zero-order chi connectivity index (χ0) is 19.1. The molecule has 0 heterocycles. The normalized spacial score (nSPS) is 28.3. The van der Waals surface area contributed by atoms with E-state index in [1.807, 2.05) is 0 Å². The molecule has 0 atom stereocenters. The maximum atomic E-state index is 12.3. The Kier molecular flexibility index (Phi) is 7.33. The molecular weight excluding hydrogens is 334 g/mol. The van der Waals surface area contributed by atoms with Gasteiger partial charge in [0.05, 0.1) is 17.2 Å². The van der Waals surface area contributed by atoms with E-state index < -0.39 is 0 Å². The summed E-state index contributed by atoms with van der Waals surface area (Å²) in [4.78, 5) is 12.3. The molecule has 1 aromatic carbocycles. The summed E-state index contributed by atoms with van der Waals surface area (Å²) in [5.74, 6) is 2.46. The van der Waals surface area contributed by atoms with E-state index in [0.717, 1.165) is 30.6 Å². The molecule has 0 spiro atoms. The van der Waals surface area contributed by atoms with Crippen LogP contribution < -0.4 is 0 Å². The fraction of sp³-hybridized carbons (Fsp3) is 0.667. The summed E-state index contributed by atoms with van der Waals surface area (Å²) in [6.45, 7) is 2.29. The van der Waals surface area contributed by atoms with Gasteiger partial charge in [0.2, 0.25) is 0 Å². The van der Waals surface area contributed by atoms with E-state index >= 15 is 0 Å². The first-order valence-electron chi connectivity index (χ1n) is 10.9. The largest absolute Gasteiger partial charge is 0.459 e. The number of benzene rings is 1. The predicted octanol–water partition coefficient (Wildman–Crippen LogP) is 6.27. The molecule has 27 heavy (non-hydrogen) atoms. The highest BCUT2D eigenvalue weighted by Crippen LogP contribution is 2.41. The monoisotopic (exact) mass is 367 g/mol. The first-order chi connectivity index (χ1) is 13.2. The summed E-state index contributed by atoms with van der Waals surface area (Å²) in [6, 6.07) is 8.78. The number of hydrogen-bond donors (Lipinski definition) is 0. The second kappa shape index (κ2) is 9.93. The third-order valence-corrected chi connectivity index (χ3v) is 6.77. The molecule has 2 saturated carbocycles. The van der Waals surface area contributed by atoms with Gasteiger partial charge in [-0.25, -0.2) is 4.79 Å². The highest BCUT2D eigenvalue weighted by atomic mass is 16.5. The van der Waals surface area contributed by atoms with Crippen LogP contribution in [0, 0.1) is 29.1 Å². The van der Waals surface area contributed by atoms with Crippen molar-refractivity contribution in [1.82, 2.24) is 0 Å². The Labute approximate surface area is 164 Å². The van der Waals surface area contributed by atoms with Gasteiger partial charge in [-0.3, -0.25) is 0 Å². The quantitative estimate of drug-likeness (QED) is 0.557. The predicted molar refractivity (Wildman–Crippen MR) is 107 cm³/mol. The standard InChI is InChI=1S/C24H33NO2/c1-2-3-4-18-5-9-20(10-6-18)21-13-15-23(16-14-21)27-24(26)22-11-7-19(17-25)8-12-22/h7-8,11-12,18,20-21,23H,2-6,9-10,13-16H2,1H3. The molecule has 0 aromatic heterocycles. The molecule has 0 aliphatic heterocycles. The van der Waals surface area contributed by atoms with Crippen molar-refractivity contribution in [3.63, 3.8) is 0 Å². The third kappa shape index (κ3) is 5.58. The molecule has 0 radical (unpaired) electrons. The number of nitrogens with zero attached hydrogens (tertiary/aromatic N) is 1. The van der Waals surface area contributed by atoms with Crippen molar-refractivity contribution in [2.75, 3.05) is 0 Å². The summed E-state index contributed by atoms with van der Waals surface area (Å²) in [7, 11) is 0. The molecule has 0 N–H and O–H groups in total. The van der Waals surface area contributed by atoms with Crippen LogP contribution in [0.5, 0.6) is 0 Å². The van der Waals surface area contributed by atoms with Gasteiger partial charge in [0.15, 0.2) is 0 Å². The van der Waals surface area contributed by atoms with Crippen molar-refractivity contribution >= 4 is 5.97 Å². The molecule has 0 amide bonds. The molecule has 146 valence electrons. The van der Waals surface area contributed by atoms with Crippen LogP contribution in [0.3, 0.4) is 0 Å². The fourth-order valence-electron chi connectivity index (χ4n) is 5.02. The summed E-state index contributed by atoms with van der Waals surface area (Å²) in [5, 5.41) is 8.85. The van der Waals surface area contributed by atoms with Gasteiger partial charge in [-0.2, -0.15) is 5.26 Å². The van der Waals surface area contributed by atoms with Gasteiger partial charge >= 0.3 is 5.97 Å².